The number of carboxylic acid groups (broad SMARTS) is 1. The highest BCUT2D eigenvalue weighted by atomic mass is 16.5. The molecule has 37 heavy (non-hydrogen) atoms. The predicted molar refractivity (Wildman–Crippen MR) is 140 cm³/mol. The van der Waals surface area contributed by atoms with E-state index in [9.17, 15) is 24.9 Å². The molecule has 4 saturated carbocycles. The molecule has 4 fully saturated rings. The van der Waals surface area contributed by atoms with Crippen molar-refractivity contribution in [1.82, 2.24) is 0 Å². The molecule has 0 aromatic heterocycles. The van der Waals surface area contributed by atoms with Crippen LogP contribution in [0.25, 0.3) is 0 Å². The highest BCUT2D eigenvalue weighted by molar-refractivity contribution is 5.86. The Kier molecular flexibility index (Phi) is 7.53. The molecular weight excluding hydrogens is 468 g/mol. The normalized spacial score (nSPS) is 46.2. The molecule has 4 aliphatic carbocycles. The maximum Gasteiger partial charge on any atom is 0.303 e. The molecule has 0 bridgehead atoms. The number of aliphatic carboxylic acids is 1. The Morgan fingerprint density at radius 3 is 2.32 bits per heavy atom. The van der Waals surface area contributed by atoms with Crippen LogP contribution in [0.15, 0.2) is 22.8 Å². The molecule has 0 radical (unpaired) electrons. The topological polar surface area (TPSA) is 107 Å². The lowest BCUT2D eigenvalue weighted by atomic mass is 9.36. The third-order valence-electron chi connectivity index (χ3n) is 11.6. The first-order chi connectivity index (χ1) is 17.2. The van der Waals surface area contributed by atoms with Gasteiger partial charge in [0.15, 0.2) is 0 Å². The molecule has 2 N–H and O–H groups in total. The smallest absolute Gasteiger partial charge is 0.303 e. The van der Waals surface area contributed by atoms with Crippen LogP contribution in [-0.2, 0) is 14.3 Å². The van der Waals surface area contributed by atoms with E-state index in [1.807, 2.05) is 19.9 Å². The van der Waals surface area contributed by atoms with Gasteiger partial charge in [0.2, 0.25) is 0 Å². The minimum Gasteiger partial charge on any atom is -0.545 e. The van der Waals surface area contributed by atoms with E-state index in [1.54, 1.807) is 0 Å². The number of carboxylic acids is 1. The molecule has 0 spiro atoms. The molecule has 0 aromatic carbocycles. The van der Waals surface area contributed by atoms with Gasteiger partial charge in [-0.1, -0.05) is 39.3 Å². The van der Waals surface area contributed by atoms with E-state index in [2.05, 4.69) is 27.7 Å². The Morgan fingerprint density at radius 2 is 1.73 bits per heavy atom. The van der Waals surface area contributed by atoms with E-state index in [-0.39, 0.29) is 45.7 Å². The number of aliphatic hydroxyl groups is 2. The number of esters is 1. The lowest BCUT2D eigenvalue weighted by Gasteiger charge is -2.69. The van der Waals surface area contributed by atoms with Gasteiger partial charge < -0.3 is 24.9 Å². The number of ether oxygens (including phenoxy) is 1. The second-order valence-corrected chi connectivity index (χ2v) is 13.6. The highest BCUT2D eigenvalue weighted by Crippen LogP contribution is 2.74. The van der Waals surface area contributed by atoms with E-state index in [1.165, 1.54) is 6.92 Å². The van der Waals surface area contributed by atoms with Gasteiger partial charge in [0.1, 0.15) is 6.10 Å². The molecule has 4 rings (SSSR count). The molecular formula is C31H47O6-. The third-order valence-corrected chi connectivity index (χ3v) is 11.6. The number of carbonyl (C=O) groups excluding carboxylic acids is 2. The molecule has 0 amide bonds. The summed E-state index contributed by atoms with van der Waals surface area (Å²) in [5, 5.41) is 35.0. The number of hydrogen-bond acceptors (Lipinski definition) is 6. The second-order valence-electron chi connectivity index (χ2n) is 13.6. The molecule has 0 saturated heterocycles. The van der Waals surface area contributed by atoms with Crippen LogP contribution in [0.5, 0.6) is 0 Å². The standard InChI is InChI=1S/C31H48O6/c1-17(2)9-8-10-20(28(35)36)26-22-15-24(34)27-29(5)13-12-23(33)18(3)21(29)11-14-30(27,6)31(22,7)16-25(26)37-19(4)32/h9,18,21-25,27,33-34H,8,10-16H2,1-7H3,(H,35,36)/p-1/b26-20-/t18?,21-,22-,23+,24+,25-,27-,29-,30-,31-/m0/s1. The summed E-state index contributed by atoms with van der Waals surface area (Å²) in [6.07, 6.45) is 5.92. The van der Waals surface area contributed by atoms with Crippen molar-refractivity contribution >= 4 is 11.9 Å². The van der Waals surface area contributed by atoms with Crippen LogP contribution in [0.3, 0.4) is 0 Å². The van der Waals surface area contributed by atoms with Gasteiger partial charge in [-0.2, -0.15) is 0 Å². The summed E-state index contributed by atoms with van der Waals surface area (Å²) in [7, 11) is 0. The van der Waals surface area contributed by atoms with Crippen molar-refractivity contribution in [1.29, 1.82) is 0 Å². The first-order valence-corrected chi connectivity index (χ1v) is 14.3. The fourth-order valence-electron chi connectivity index (χ4n) is 9.78. The first-order valence-electron chi connectivity index (χ1n) is 14.3. The maximum absolute atomic E-state index is 12.5. The Balaban J connectivity index is 1.82. The summed E-state index contributed by atoms with van der Waals surface area (Å²) in [6.45, 7) is 14.4. The quantitative estimate of drug-likeness (QED) is 0.321. The monoisotopic (exact) mass is 515 g/mol. The van der Waals surface area contributed by atoms with Gasteiger partial charge in [-0.05, 0) is 116 Å². The van der Waals surface area contributed by atoms with Crippen LogP contribution in [0.4, 0.5) is 0 Å². The highest BCUT2D eigenvalue weighted by Gasteiger charge is 2.70. The van der Waals surface area contributed by atoms with Crippen LogP contribution in [0.1, 0.15) is 99.8 Å². The van der Waals surface area contributed by atoms with E-state index < -0.39 is 24.1 Å². The summed E-state index contributed by atoms with van der Waals surface area (Å²) in [5.41, 5.74) is 1.31. The third kappa shape index (κ3) is 4.40. The average molecular weight is 516 g/mol. The van der Waals surface area contributed by atoms with Gasteiger partial charge in [0.25, 0.3) is 0 Å². The first kappa shape index (κ1) is 28.4. The lowest BCUT2D eigenvalue weighted by molar-refractivity contribution is -0.299. The number of allylic oxidation sites excluding steroid dienone is 2. The molecule has 0 aliphatic heterocycles. The van der Waals surface area contributed by atoms with Gasteiger partial charge in [-0.25, -0.2) is 0 Å². The van der Waals surface area contributed by atoms with Gasteiger partial charge in [-0.3, -0.25) is 4.79 Å². The number of rotatable bonds is 5. The Hall–Kier alpha value is -1.66. The zero-order valence-electron chi connectivity index (χ0n) is 23.8. The predicted octanol–water partition coefficient (Wildman–Crippen LogP) is 4.33. The van der Waals surface area contributed by atoms with Crippen molar-refractivity contribution in [3.05, 3.63) is 22.8 Å². The SMILES string of the molecule is CC(=O)O[C@H]1C[C@@]2(C)[C@@H](C[C@@H](O)[C@H]3[C@@]4(C)CC[C@@H](O)C(C)[C@@H]4CC[C@@]32C)/C1=C(\CCC=C(C)C)C(=O)[O-]. The van der Waals surface area contributed by atoms with Crippen LogP contribution < -0.4 is 5.11 Å². The maximum atomic E-state index is 12.5. The van der Waals surface area contributed by atoms with Crippen LogP contribution in [0.2, 0.25) is 0 Å². The van der Waals surface area contributed by atoms with E-state index in [0.717, 1.165) is 31.3 Å². The summed E-state index contributed by atoms with van der Waals surface area (Å²) < 4.78 is 5.84. The van der Waals surface area contributed by atoms with E-state index in [0.29, 0.717) is 37.2 Å². The number of aliphatic hydroxyl groups excluding tert-OH is 2. The minimum atomic E-state index is -1.20. The zero-order chi connectivity index (χ0) is 27.5. The van der Waals surface area contributed by atoms with E-state index >= 15 is 0 Å². The van der Waals surface area contributed by atoms with Crippen molar-refractivity contribution in [3.8, 4) is 0 Å². The largest absolute Gasteiger partial charge is 0.545 e. The van der Waals surface area contributed by atoms with Crippen molar-refractivity contribution < 1.29 is 29.6 Å². The molecule has 1 unspecified atom stereocenters. The van der Waals surface area contributed by atoms with E-state index in [4.69, 9.17) is 4.74 Å². The molecule has 208 valence electrons. The molecule has 6 heteroatoms. The molecule has 0 heterocycles. The van der Waals surface area contributed by atoms with Crippen LogP contribution >= 0.6 is 0 Å². The number of hydrogen-bond donors (Lipinski definition) is 2. The molecule has 10 atom stereocenters. The summed E-state index contributed by atoms with van der Waals surface area (Å²) in [5.74, 6) is -1.25. The van der Waals surface area contributed by atoms with Crippen molar-refractivity contribution in [2.24, 2.45) is 39.9 Å². The van der Waals surface area contributed by atoms with Gasteiger partial charge in [0, 0.05) is 6.92 Å². The van der Waals surface area contributed by atoms with Gasteiger partial charge >= 0.3 is 5.97 Å². The number of carbonyl (C=O) groups is 2. The fraction of sp³-hybridized carbons (Fsp3) is 0.806. The van der Waals surface area contributed by atoms with Crippen LogP contribution in [0, 0.1) is 39.9 Å². The summed E-state index contributed by atoms with van der Waals surface area (Å²) in [6, 6.07) is 0. The minimum absolute atomic E-state index is 0.0318. The van der Waals surface area contributed by atoms with Crippen LogP contribution in [-0.4, -0.2) is 40.5 Å². The zero-order valence-corrected chi connectivity index (χ0v) is 23.8. The second kappa shape index (κ2) is 9.82. The number of fused-ring (bicyclic) bond motifs is 5. The molecule has 4 aliphatic rings. The fourth-order valence-corrected chi connectivity index (χ4v) is 9.78. The van der Waals surface area contributed by atoms with Gasteiger partial charge in [0.05, 0.1) is 18.2 Å². The van der Waals surface area contributed by atoms with Crippen molar-refractivity contribution in [3.63, 3.8) is 0 Å². The molecule has 6 nitrogen and oxygen atoms in total. The molecule has 0 aromatic rings. The summed E-state index contributed by atoms with van der Waals surface area (Å²) in [4.78, 5) is 24.7. The Labute approximate surface area is 222 Å². The van der Waals surface area contributed by atoms with Crippen molar-refractivity contribution in [2.75, 3.05) is 0 Å². The Morgan fingerprint density at radius 1 is 1.05 bits per heavy atom. The Bertz CT molecular complexity index is 994. The lowest BCUT2D eigenvalue weighted by Crippen LogP contribution is -2.65. The van der Waals surface area contributed by atoms with Gasteiger partial charge in [-0.15, -0.1) is 0 Å². The average Bonchev–Trinajstić information content (AvgIpc) is 3.05. The van der Waals surface area contributed by atoms with Crippen molar-refractivity contribution in [2.45, 2.75) is 118 Å². The summed E-state index contributed by atoms with van der Waals surface area (Å²) >= 11 is 0.